The van der Waals surface area contributed by atoms with Crippen LogP contribution < -0.4 is 11.1 Å². The maximum absolute atomic E-state index is 12.7. The zero-order chi connectivity index (χ0) is 21.7. The molecule has 3 atom stereocenters. The predicted molar refractivity (Wildman–Crippen MR) is 118 cm³/mol. The molecule has 1 saturated carbocycles. The van der Waals surface area contributed by atoms with Crippen LogP contribution in [0.2, 0.25) is 0 Å². The second kappa shape index (κ2) is 9.83. The molecule has 6 nitrogen and oxygen atoms in total. The molecule has 160 valence electrons. The summed E-state index contributed by atoms with van der Waals surface area (Å²) in [7, 11) is 0. The number of anilines is 1. The van der Waals surface area contributed by atoms with E-state index < -0.39 is 6.04 Å². The molecule has 2 heterocycles. The number of hydrogen-bond donors (Lipinski definition) is 2. The van der Waals surface area contributed by atoms with E-state index in [0.29, 0.717) is 24.6 Å². The van der Waals surface area contributed by atoms with Crippen molar-refractivity contribution < 1.29 is 9.59 Å². The van der Waals surface area contributed by atoms with Gasteiger partial charge in [0, 0.05) is 29.9 Å². The number of aromatic nitrogens is 2. The van der Waals surface area contributed by atoms with Gasteiger partial charge >= 0.3 is 0 Å². The highest BCUT2D eigenvalue weighted by molar-refractivity contribution is 5.89. The van der Waals surface area contributed by atoms with Crippen LogP contribution in [-0.2, 0) is 22.4 Å². The van der Waals surface area contributed by atoms with Crippen molar-refractivity contribution in [3.05, 3.63) is 53.0 Å². The number of rotatable bonds is 8. The number of carbonyl (C=O) groups is 2. The van der Waals surface area contributed by atoms with E-state index in [2.05, 4.69) is 27.4 Å². The van der Waals surface area contributed by atoms with Crippen LogP contribution in [-0.4, -0.2) is 27.7 Å². The molecule has 1 aliphatic carbocycles. The van der Waals surface area contributed by atoms with E-state index in [4.69, 9.17) is 5.73 Å². The van der Waals surface area contributed by atoms with E-state index in [1.54, 1.807) is 13.0 Å². The van der Waals surface area contributed by atoms with Crippen molar-refractivity contribution in [3.63, 3.8) is 0 Å². The number of pyridine rings is 2. The van der Waals surface area contributed by atoms with Gasteiger partial charge in [-0.1, -0.05) is 6.07 Å². The summed E-state index contributed by atoms with van der Waals surface area (Å²) in [5.41, 5.74) is 9.85. The first-order valence-corrected chi connectivity index (χ1v) is 10.8. The van der Waals surface area contributed by atoms with E-state index in [0.717, 1.165) is 42.6 Å². The summed E-state index contributed by atoms with van der Waals surface area (Å²) >= 11 is 0. The van der Waals surface area contributed by atoms with E-state index in [1.165, 1.54) is 5.56 Å². The maximum atomic E-state index is 12.7. The first-order valence-electron chi connectivity index (χ1n) is 10.8. The first kappa shape index (κ1) is 21.9. The van der Waals surface area contributed by atoms with Crippen molar-refractivity contribution in [2.24, 2.45) is 11.8 Å². The Kier molecular flexibility index (Phi) is 7.19. The van der Waals surface area contributed by atoms with Gasteiger partial charge in [-0.25, -0.2) is 4.98 Å². The molecule has 6 heteroatoms. The van der Waals surface area contributed by atoms with Gasteiger partial charge in [-0.05, 0) is 88.1 Å². The molecule has 1 aliphatic rings. The van der Waals surface area contributed by atoms with Gasteiger partial charge in [0.15, 0.2) is 5.78 Å². The number of nitrogens with two attached hydrogens (primary N) is 1. The van der Waals surface area contributed by atoms with Crippen LogP contribution in [0.1, 0.15) is 55.1 Å². The quantitative estimate of drug-likeness (QED) is 0.698. The van der Waals surface area contributed by atoms with E-state index in [9.17, 15) is 9.59 Å². The van der Waals surface area contributed by atoms with Crippen LogP contribution in [0.25, 0.3) is 0 Å². The fraction of sp³-hybridized carbons (Fsp3) is 0.500. The summed E-state index contributed by atoms with van der Waals surface area (Å²) in [6, 6.07) is 7.37. The smallest absolute Gasteiger partial charge is 0.223 e. The molecule has 3 N–H and O–H groups in total. The van der Waals surface area contributed by atoms with Gasteiger partial charge in [-0.15, -0.1) is 0 Å². The van der Waals surface area contributed by atoms with Crippen LogP contribution in [0.4, 0.5) is 5.82 Å². The first-order chi connectivity index (χ1) is 14.3. The molecule has 3 rings (SSSR count). The monoisotopic (exact) mass is 408 g/mol. The van der Waals surface area contributed by atoms with Crippen molar-refractivity contribution in [2.75, 3.05) is 5.73 Å². The van der Waals surface area contributed by atoms with Gasteiger partial charge in [0.05, 0.1) is 6.04 Å². The number of nitrogens with zero attached hydrogens (tertiary/aromatic N) is 2. The lowest BCUT2D eigenvalue weighted by atomic mass is 9.96. The highest BCUT2D eigenvalue weighted by Crippen LogP contribution is 2.33. The minimum absolute atomic E-state index is 0.00303. The number of aryl methyl sites for hydroxylation is 3. The number of amides is 1. The molecule has 0 unspecified atom stereocenters. The average molecular weight is 409 g/mol. The molecule has 1 amide bonds. The van der Waals surface area contributed by atoms with E-state index >= 15 is 0 Å². The summed E-state index contributed by atoms with van der Waals surface area (Å²) in [5, 5.41) is 2.94. The molecule has 0 radical (unpaired) electrons. The Morgan fingerprint density at radius 1 is 1.23 bits per heavy atom. The van der Waals surface area contributed by atoms with Crippen molar-refractivity contribution in [1.29, 1.82) is 0 Å². The van der Waals surface area contributed by atoms with Crippen molar-refractivity contribution in [1.82, 2.24) is 15.3 Å². The predicted octanol–water partition coefficient (Wildman–Crippen LogP) is 3.34. The number of carbonyl (C=O) groups excluding carboxylic acids is 2. The Morgan fingerprint density at radius 2 is 2.03 bits per heavy atom. The van der Waals surface area contributed by atoms with Gasteiger partial charge in [-0.2, -0.15) is 0 Å². The summed E-state index contributed by atoms with van der Waals surface area (Å²) < 4.78 is 0. The van der Waals surface area contributed by atoms with Gasteiger partial charge < -0.3 is 11.1 Å². The van der Waals surface area contributed by atoms with Crippen LogP contribution >= 0.6 is 0 Å². The maximum Gasteiger partial charge on any atom is 0.223 e. The molecule has 0 saturated heterocycles. The topological polar surface area (TPSA) is 98.0 Å². The SMILES string of the molecule is Cc1cc(C[C@@H]2CC[C@@H](C(=O)N[C@@H](C)C(=O)CCc3ccc(N)nc3C)C2)ccn1. The summed E-state index contributed by atoms with van der Waals surface area (Å²) in [6.45, 7) is 5.67. The molecule has 30 heavy (non-hydrogen) atoms. The fourth-order valence-corrected chi connectivity index (χ4v) is 4.32. The number of ketones is 1. The Morgan fingerprint density at radius 3 is 2.77 bits per heavy atom. The molecule has 0 bridgehead atoms. The van der Waals surface area contributed by atoms with Gasteiger partial charge in [0.25, 0.3) is 0 Å². The minimum Gasteiger partial charge on any atom is -0.384 e. The molecule has 1 fully saturated rings. The summed E-state index contributed by atoms with van der Waals surface area (Å²) in [4.78, 5) is 33.7. The van der Waals surface area contributed by atoms with Crippen molar-refractivity contribution in [2.45, 2.75) is 65.3 Å². The second-order valence-corrected chi connectivity index (χ2v) is 8.56. The highest BCUT2D eigenvalue weighted by atomic mass is 16.2. The molecule has 0 aliphatic heterocycles. The zero-order valence-electron chi connectivity index (χ0n) is 18.1. The third-order valence-electron chi connectivity index (χ3n) is 6.10. The lowest BCUT2D eigenvalue weighted by Crippen LogP contribution is -2.41. The third-order valence-corrected chi connectivity index (χ3v) is 6.10. The van der Waals surface area contributed by atoms with Crippen LogP contribution in [0, 0.1) is 25.7 Å². The zero-order valence-corrected chi connectivity index (χ0v) is 18.1. The number of nitrogen functional groups attached to an aromatic ring is 1. The standard InChI is InChI=1S/C24H32N4O2/c1-15-12-19(10-11-26-15)13-18-4-5-21(14-18)24(30)28-17(3)22(29)8-6-20-7-9-23(25)27-16(20)2/h7,9-12,17-18,21H,4-6,8,13-14H2,1-3H3,(H2,25,27)(H,28,30)/t17-,18-,21+/m0/s1. The third kappa shape index (κ3) is 5.88. The summed E-state index contributed by atoms with van der Waals surface area (Å²) in [5.74, 6) is 1.04. The Hall–Kier alpha value is -2.76. The fourth-order valence-electron chi connectivity index (χ4n) is 4.32. The lowest BCUT2D eigenvalue weighted by Gasteiger charge is -2.17. The molecular weight excluding hydrogens is 376 g/mol. The van der Waals surface area contributed by atoms with Gasteiger partial charge in [-0.3, -0.25) is 14.6 Å². The van der Waals surface area contributed by atoms with Gasteiger partial charge in [0.2, 0.25) is 5.91 Å². The molecule has 0 aromatic carbocycles. The van der Waals surface area contributed by atoms with Crippen molar-refractivity contribution >= 4 is 17.5 Å². The van der Waals surface area contributed by atoms with Crippen LogP contribution in [0.3, 0.4) is 0 Å². The van der Waals surface area contributed by atoms with E-state index in [1.807, 2.05) is 26.1 Å². The highest BCUT2D eigenvalue weighted by Gasteiger charge is 2.31. The second-order valence-electron chi connectivity index (χ2n) is 8.56. The van der Waals surface area contributed by atoms with E-state index in [-0.39, 0.29) is 17.6 Å². The minimum atomic E-state index is -0.471. The number of hydrogen-bond acceptors (Lipinski definition) is 5. The molecular formula is C24H32N4O2. The van der Waals surface area contributed by atoms with Gasteiger partial charge in [0.1, 0.15) is 5.82 Å². The Bertz CT molecular complexity index is 912. The Labute approximate surface area is 178 Å². The molecule has 2 aromatic heterocycles. The van der Waals surface area contributed by atoms with Crippen LogP contribution in [0.15, 0.2) is 30.5 Å². The molecule has 2 aromatic rings. The molecule has 0 spiro atoms. The Balaban J connectivity index is 1.45. The average Bonchev–Trinajstić information content (AvgIpc) is 3.15. The number of nitrogens with one attached hydrogen (secondary N) is 1. The lowest BCUT2D eigenvalue weighted by molar-refractivity contribution is -0.129. The summed E-state index contributed by atoms with van der Waals surface area (Å²) in [6.07, 6.45) is 6.63. The largest absolute Gasteiger partial charge is 0.384 e. The van der Waals surface area contributed by atoms with Crippen molar-refractivity contribution in [3.8, 4) is 0 Å². The van der Waals surface area contributed by atoms with Crippen LogP contribution in [0.5, 0.6) is 0 Å². The number of Topliss-reactive ketones (excluding diaryl/α,β-unsaturated/α-hetero) is 1. The normalized spacial score (nSPS) is 19.4.